The lowest BCUT2D eigenvalue weighted by atomic mass is 9.84. The zero-order chi connectivity index (χ0) is 25.7. The minimum Gasteiger partial charge on any atom is -0.465 e. The van der Waals surface area contributed by atoms with Gasteiger partial charge in [0.05, 0.1) is 29.2 Å². The zero-order valence-electron chi connectivity index (χ0n) is 19.2. The summed E-state index contributed by atoms with van der Waals surface area (Å²) < 4.78 is 50.1. The maximum absolute atomic E-state index is 13.4. The van der Waals surface area contributed by atoms with Crippen LogP contribution in [0.25, 0.3) is 0 Å². The maximum Gasteiger partial charge on any atom is 0.324 e. The third-order valence-electron chi connectivity index (χ3n) is 6.18. The van der Waals surface area contributed by atoms with Crippen molar-refractivity contribution in [1.29, 1.82) is 0 Å². The van der Waals surface area contributed by atoms with Crippen molar-refractivity contribution in [3.8, 4) is 0 Å². The summed E-state index contributed by atoms with van der Waals surface area (Å²) in [6, 6.07) is 5.28. The van der Waals surface area contributed by atoms with Crippen LogP contribution in [0.2, 0.25) is 0 Å². The van der Waals surface area contributed by atoms with E-state index in [0.717, 1.165) is 24.3 Å². The van der Waals surface area contributed by atoms with Crippen molar-refractivity contribution in [1.82, 2.24) is 4.31 Å². The third-order valence-corrected chi connectivity index (χ3v) is 7.86. The van der Waals surface area contributed by atoms with Crippen molar-refractivity contribution in [2.45, 2.75) is 38.5 Å². The van der Waals surface area contributed by atoms with Gasteiger partial charge in [0.2, 0.25) is 0 Å². The number of ether oxygens (including phenoxy) is 2. The van der Waals surface area contributed by atoms with Crippen LogP contribution in [-0.4, -0.2) is 49.7 Å². The van der Waals surface area contributed by atoms with Gasteiger partial charge in [-0.3, -0.25) is 19.2 Å². The minimum atomic E-state index is -4.65. The van der Waals surface area contributed by atoms with E-state index >= 15 is 0 Å². The van der Waals surface area contributed by atoms with Gasteiger partial charge in [-0.25, -0.2) is 12.8 Å². The summed E-state index contributed by atoms with van der Waals surface area (Å²) >= 11 is 0. The molecular formula is C24H22FNO8S. The van der Waals surface area contributed by atoms with E-state index in [1.165, 1.54) is 6.92 Å². The van der Waals surface area contributed by atoms with Crippen LogP contribution in [0.3, 0.4) is 0 Å². The van der Waals surface area contributed by atoms with Crippen molar-refractivity contribution in [3.05, 3.63) is 64.0 Å². The normalized spacial score (nSPS) is 16.2. The van der Waals surface area contributed by atoms with Crippen molar-refractivity contribution in [2.75, 3.05) is 13.2 Å². The van der Waals surface area contributed by atoms with Gasteiger partial charge in [0.15, 0.2) is 5.41 Å². The van der Waals surface area contributed by atoms with E-state index in [1.54, 1.807) is 19.9 Å². The Morgan fingerprint density at radius 3 is 2.06 bits per heavy atom. The first-order valence-electron chi connectivity index (χ1n) is 10.9. The Kier molecular flexibility index (Phi) is 6.00. The van der Waals surface area contributed by atoms with Crippen LogP contribution in [0.15, 0.2) is 35.2 Å². The third kappa shape index (κ3) is 3.61. The lowest BCUT2D eigenvalue weighted by molar-refractivity contribution is -0.171. The molecule has 0 aromatic heterocycles. The maximum atomic E-state index is 13.4. The molecule has 0 unspecified atom stereocenters. The number of hydrogen-bond acceptors (Lipinski definition) is 8. The lowest BCUT2D eigenvalue weighted by Crippen LogP contribution is -2.43. The van der Waals surface area contributed by atoms with E-state index in [9.17, 15) is 32.0 Å². The highest BCUT2D eigenvalue weighted by atomic mass is 32.2. The van der Waals surface area contributed by atoms with Crippen LogP contribution in [-0.2, 0) is 41.9 Å². The van der Waals surface area contributed by atoms with E-state index < -0.39 is 49.9 Å². The zero-order valence-corrected chi connectivity index (χ0v) is 20.0. The molecule has 0 spiro atoms. The Labute approximate surface area is 200 Å². The Bertz CT molecular complexity index is 1360. The van der Waals surface area contributed by atoms with Crippen LogP contribution in [0.1, 0.15) is 51.3 Å². The highest BCUT2D eigenvalue weighted by Gasteiger charge is 2.56. The molecule has 1 aliphatic carbocycles. The van der Waals surface area contributed by atoms with E-state index in [4.69, 9.17) is 9.47 Å². The monoisotopic (exact) mass is 503 g/mol. The van der Waals surface area contributed by atoms with E-state index in [1.807, 2.05) is 0 Å². The van der Waals surface area contributed by atoms with Gasteiger partial charge < -0.3 is 9.47 Å². The Balaban J connectivity index is 1.84. The van der Waals surface area contributed by atoms with E-state index in [2.05, 4.69) is 0 Å². The Morgan fingerprint density at radius 1 is 0.971 bits per heavy atom. The van der Waals surface area contributed by atoms with Gasteiger partial charge in [0.1, 0.15) is 5.82 Å². The van der Waals surface area contributed by atoms with Gasteiger partial charge >= 0.3 is 11.9 Å². The average molecular weight is 504 g/mol. The Morgan fingerprint density at radius 2 is 1.51 bits per heavy atom. The summed E-state index contributed by atoms with van der Waals surface area (Å²) in [5, 5.41) is 0. The summed E-state index contributed by atoms with van der Waals surface area (Å²) in [7, 11) is -4.65. The van der Waals surface area contributed by atoms with Crippen molar-refractivity contribution >= 4 is 33.8 Å². The summed E-state index contributed by atoms with van der Waals surface area (Å²) in [6.45, 7) is 4.72. The van der Waals surface area contributed by atoms with Crippen molar-refractivity contribution < 1.29 is 41.5 Å². The Hall–Kier alpha value is -3.60. The molecule has 2 aromatic carbocycles. The number of rotatable bonds is 6. The van der Waals surface area contributed by atoms with Crippen LogP contribution < -0.4 is 0 Å². The number of aryl methyl sites for hydroxylation is 1. The predicted octanol–water partition coefficient (Wildman–Crippen LogP) is 2.33. The molecule has 0 bridgehead atoms. The molecule has 4 rings (SSSR count). The van der Waals surface area contributed by atoms with Gasteiger partial charge in [-0.2, -0.15) is 4.31 Å². The van der Waals surface area contributed by atoms with Gasteiger partial charge in [0, 0.05) is 6.42 Å². The van der Waals surface area contributed by atoms with Gasteiger partial charge in [-0.15, -0.1) is 0 Å². The second-order valence-corrected chi connectivity index (χ2v) is 10.1. The number of halogens is 1. The molecular weight excluding hydrogens is 481 g/mol. The van der Waals surface area contributed by atoms with Gasteiger partial charge in [-0.1, -0.05) is 6.07 Å². The van der Waals surface area contributed by atoms with Crippen LogP contribution in [0, 0.1) is 18.2 Å². The standard InChI is InChI=1S/C24H22FNO8S/c1-4-33-22(29)24(23(30)34-5-2)11-14-10-13(3)18-19(17(14)12-24)21(28)26(20(18)27)35(31,32)16-8-6-15(25)7-9-16/h6-10H,4-5,11-12H2,1-3H3. The average Bonchev–Trinajstić information content (AvgIpc) is 3.31. The molecule has 9 nitrogen and oxygen atoms in total. The first-order chi connectivity index (χ1) is 16.5. The topological polar surface area (TPSA) is 124 Å². The molecule has 184 valence electrons. The number of carbonyl (C=O) groups excluding carboxylic acids is 4. The van der Waals surface area contributed by atoms with Crippen molar-refractivity contribution in [3.63, 3.8) is 0 Å². The summed E-state index contributed by atoms with van der Waals surface area (Å²) in [4.78, 5) is 52.0. The first-order valence-corrected chi connectivity index (χ1v) is 12.3. The molecule has 0 saturated heterocycles. The van der Waals surface area contributed by atoms with Crippen LogP contribution >= 0.6 is 0 Å². The SMILES string of the molecule is CCOC(=O)C1(C(=O)OCC)Cc2cc(C)c3c(c2C1)C(=O)N(S(=O)(=O)c1ccc(F)cc1)C3=O. The molecule has 0 N–H and O–H groups in total. The highest BCUT2D eigenvalue weighted by molar-refractivity contribution is 7.90. The fourth-order valence-electron chi connectivity index (χ4n) is 4.63. The summed E-state index contributed by atoms with van der Waals surface area (Å²) in [5.41, 5.74) is -1.07. The quantitative estimate of drug-likeness (QED) is 0.334. The highest BCUT2D eigenvalue weighted by Crippen LogP contribution is 2.45. The molecule has 0 radical (unpaired) electrons. The molecule has 1 aliphatic heterocycles. The van der Waals surface area contributed by atoms with Gasteiger partial charge in [-0.05, 0) is 68.1 Å². The molecule has 2 aromatic rings. The molecule has 0 atom stereocenters. The largest absolute Gasteiger partial charge is 0.465 e. The molecule has 11 heteroatoms. The fraction of sp³-hybridized carbons (Fsp3) is 0.333. The number of hydrogen-bond donors (Lipinski definition) is 0. The van der Waals surface area contributed by atoms with Crippen LogP contribution in [0.5, 0.6) is 0 Å². The number of benzene rings is 2. The van der Waals surface area contributed by atoms with E-state index in [0.29, 0.717) is 11.1 Å². The van der Waals surface area contributed by atoms with Crippen molar-refractivity contribution in [2.24, 2.45) is 5.41 Å². The van der Waals surface area contributed by atoms with Gasteiger partial charge in [0.25, 0.3) is 21.8 Å². The first kappa shape index (κ1) is 24.5. The van der Waals surface area contributed by atoms with Crippen LogP contribution in [0.4, 0.5) is 4.39 Å². The smallest absolute Gasteiger partial charge is 0.324 e. The summed E-state index contributed by atoms with van der Waals surface area (Å²) in [6.07, 6.45) is -0.410. The molecule has 2 aliphatic rings. The number of esters is 2. The molecule has 0 saturated carbocycles. The number of carbonyl (C=O) groups is 4. The number of amides is 2. The second-order valence-electron chi connectivity index (χ2n) is 8.29. The second kappa shape index (κ2) is 8.56. The van der Waals surface area contributed by atoms with E-state index in [-0.39, 0.29) is 47.1 Å². The number of nitrogens with zero attached hydrogens (tertiary/aromatic N) is 1. The summed E-state index contributed by atoms with van der Waals surface area (Å²) in [5.74, 6) is -4.49. The number of imide groups is 1. The molecule has 0 fully saturated rings. The lowest BCUT2D eigenvalue weighted by Gasteiger charge is -2.24. The molecule has 2 amide bonds. The molecule has 35 heavy (non-hydrogen) atoms. The minimum absolute atomic E-state index is 0.00851. The molecule has 1 heterocycles. The fourth-order valence-corrected chi connectivity index (χ4v) is 5.94. The predicted molar refractivity (Wildman–Crippen MR) is 118 cm³/mol. The number of sulfonamides is 1. The number of fused-ring (bicyclic) bond motifs is 3.